The van der Waals surface area contributed by atoms with Crippen LogP contribution in [0.25, 0.3) is 0 Å². The zero-order valence-corrected chi connectivity index (χ0v) is 14.6. The van der Waals surface area contributed by atoms with E-state index in [0.717, 1.165) is 56.3 Å². The van der Waals surface area contributed by atoms with Crippen LogP contribution >= 0.6 is 0 Å². The monoisotopic (exact) mass is 354 g/mol. The Kier molecular flexibility index (Phi) is 3.94. The van der Waals surface area contributed by atoms with E-state index in [1.54, 1.807) is 12.4 Å². The minimum Gasteiger partial charge on any atom is -0.489 e. The van der Waals surface area contributed by atoms with Crippen molar-refractivity contribution in [2.45, 2.75) is 31.1 Å². The number of pyridine rings is 1. The summed E-state index contributed by atoms with van der Waals surface area (Å²) in [6, 6.07) is 10.0. The summed E-state index contributed by atoms with van der Waals surface area (Å²) >= 11 is 0. The van der Waals surface area contributed by atoms with Gasteiger partial charge in [-0.25, -0.2) is 0 Å². The molecule has 0 unspecified atom stereocenters. The van der Waals surface area contributed by atoms with Gasteiger partial charge in [0.15, 0.2) is 11.5 Å². The molecule has 26 heavy (non-hydrogen) atoms. The van der Waals surface area contributed by atoms with Gasteiger partial charge >= 0.3 is 0 Å². The van der Waals surface area contributed by atoms with Crippen molar-refractivity contribution in [2.75, 3.05) is 26.5 Å². The minimum atomic E-state index is -0.0680. The van der Waals surface area contributed by atoms with Crippen LogP contribution in [0.1, 0.15) is 18.4 Å². The highest BCUT2D eigenvalue weighted by atomic mass is 16.7. The van der Waals surface area contributed by atoms with Crippen LogP contribution in [0.3, 0.4) is 0 Å². The first-order valence-electron chi connectivity index (χ1n) is 9.10. The lowest BCUT2D eigenvalue weighted by molar-refractivity contribution is -0.188. The smallest absolute Gasteiger partial charge is 0.231 e. The van der Waals surface area contributed by atoms with E-state index in [1.165, 1.54) is 5.56 Å². The van der Waals surface area contributed by atoms with Crippen molar-refractivity contribution in [1.29, 1.82) is 0 Å². The molecule has 0 amide bonds. The van der Waals surface area contributed by atoms with E-state index in [-0.39, 0.29) is 11.7 Å². The van der Waals surface area contributed by atoms with E-state index in [2.05, 4.69) is 22.0 Å². The largest absolute Gasteiger partial charge is 0.489 e. The average Bonchev–Trinajstić information content (AvgIpc) is 3.09. The third kappa shape index (κ3) is 3.10. The predicted molar refractivity (Wildman–Crippen MR) is 94.4 cm³/mol. The lowest BCUT2D eigenvalue weighted by Gasteiger charge is -2.53. The maximum Gasteiger partial charge on any atom is 0.231 e. The fourth-order valence-corrected chi connectivity index (χ4v) is 4.09. The third-order valence-corrected chi connectivity index (χ3v) is 5.25. The van der Waals surface area contributed by atoms with Crippen molar-refractivity contribution in [1.82, 2.24) is 9.88 Å². The number of fused-ring (bicyclic) bond motifs is 1. The number of hydrogen-bond acceptors (Lipinski definition) is 6. The van der Waals surface area contributed by atoms with E-state index in [0.29, 0.717) is 6.79 Å². The predicted octanol–water partition coefficient (Wildman–Crippen LogP) is 2.62. The van der Waals surface area contributed by atoms with Crippen LogP contribution in [0, 0.1) is 0 Å². The molecule has 1 aromatic carbocycles. The molecule has 2 aromatic rings. The van der Waals surface area contributed by atoms with Crippen molar-refractivity contribution in [2.24, 2.45) is 0 Å². The first kappa shape index (κ1) is 15.9. The second-order valence-electron chi connectivity index (χ2n) is 7.29. The molecule has 6 heteroatoms. The number of hydrogen-bond donors (Lipinski definition) is 0. The molecule has 3 aliphatic heterocycles. The summed E-state index contributed by atoms with van der Waals surface area (Å²) < 4.78 is 23.1. The lowest BCUT2D eigenvalue weighted by Crippen LogP contribution is -2.65. The van der Waals surface area contributed by atoms with E-state index in [4.69, 9.17) is 18.9 Å². The number of rotatable bonds is 4. The summed E-state index contributed by atoms with van der Waals surface area (Å²) in [4.78, 5) is 6.53. The van der Waals surface area contributed by atoms with Crippen molar-refractivity contribution in [3.05, 3.63) is 48.3 Å². The molecule has 136 valence electrons. The molecular weight excluding hydrogens is 332 g/mol. The molecule has 6 nitrogen and oxygen atoms in total. The fraction of sp³-hybridized carbons (Fsp3) is 0.450. The van der Waals surface area contributed by atoms with Gasteiger partial charge in [-0.1, -0.05) is 6.07 Å². The Labute approximate surface area is 152 Å². The molecule has 2 fully saturated rings. The SMILES string of the molecule is c1cncc(O[C@H]2CCOC3(C2)CN(Cc2ccc4c(c2)OCO4)C3)c1. The molecule has 4 heterocycles. The molecule has 1 atom stereocenters. The van der Waals surface area contributed by atoms with Crippen LogP contribution in [0.2, 0.25) is 0 Å². The number of nitrogens with zero attached hydrogens (tertiary/aromatic N) is 2. The van der Waals surface area contributed by atoms with Gasteiger partial charge in [-0.15, -0.1) is 0 Å². The number of likely N-dealkylation sites (tertiary alicyclic amines) is 1. The van der Waals surface area contributed by atoms with Gasteiger partial charge in [0.1, 0.15) is 11.9 Å². The first-order valence-corrected chi connectivity index (χ1v) is 9.10. The van der Waals surface area contributed by atoms with Crippen molar-refractivity contribution in [3.63, 3.8) is 0 Å². The normalized spacial score (nSPS) is 23.6. The highest BCUT2D eigenvalue weighted by molar-refractivity contribution is 5.44. The van der Waals surface area contributed by atoms with Crippen LogP contribution < -0.4 is 14.2 Å². The molecule has 0 bridgehead atoms. The molecule has 3 aliphatic rings. The lowest BCUT2D eigenvalue weighted by atomic mass is 9.84. The first-order chi connectivity index (χ1) is 12.8. The van der Waals surface area contributed by atoms with Crippen LogP contribution in [0.15, 0.2) is 42.7 Å². The highest BCUT2D eigenvalue weighted by Crippen LogP contribution is 2.38. The summed E-state index contributed by atoms with van der Waals surface area (Å²) in [5.41, 5.74) is 1.17. The van der Waals surface area contributed by atoms with Crippen molar-refractivity contribution < 1.29 is 18.9 Å². The third-order valence-electron chi connectivity index (χ3n) is 5.25. The van der Waals surface area contributed by atoms with Gasteiger partial charge < -0.3 is 18.9 Å². The zero-order valence-electron chi connectivity index (χ0n) is 14.6. The molecule has 0 radical (unpaired) electrons. The summed E-state index contributed by atoms with van der Waals surface area (Å²) in [5.74, 6) is 2.52. The summed E-state index contributed by atoms with van der Waals surface area (Å²) in [6.45, 7) is 3.85. The Morgan fingerprint density at radius 2 is 2.12 bits per heavy atom. The van der Waals surface area contributed by atoms with E-state index < -0.39 is 0 Å². The van der Waals surface area contributed by atoms with Crippen molar-refractivity contribution in [3.8, 4) is 17.2 Å². The fourth-order valence-electron chi connectivity index (χ4n) is 4.09. The molecule has 5 rings (SSSR count). The van der Waals surface area contributed by atoms with E-state index >= 15 is 0 Å². The molecule has 0 N–H and O–H groups in total. The van der Waals surface area contributed by atoms with Gasteiger partial charge in [-0.2, -0.15) is 0 Å². The molecule has 2 saturated heterocycles. The summed E-state index contributed by atoms with van der Waals surface area (Å²) in [5, 5.41) is 0. The topological polar surface area (TPSA) is 53.1 Å². The van der Waals surface area contributed by atoms with Crippen molar-refractivity contribution >= 4 is 0 Å². The number of benzene rings is 1. The molecular formula is C20H22N2O4. The average molecular weight is 354 g/mol. The maximum atomic E-state index is 6.13. The minimum absolute atomic E-state index is 0.0680. The van der Waals surface area contributed by atoms with Crippen LogP contribution in [0.4, 0.5) is 0 Å². The number of ether oxygens (including phenoxy) is 4. The Bertz CT molecular complexity index is 777. The zero-order chi connectivity index (χ0) is 17.4. The Balaban J connectivity index is 1.17. The molecule has 1 aromatic heterocycles. The van der Waals surface area contributed by atoms with Gasteiger partial charge in [0, 0.05) is 38.7 Å². The van der Waals surface area contributed by atoms with Gasteiger partial charge in [0.05, 0.1) is 18.4 Å². The van der Waals surface area contributed by atoms with Crippen LogP contribution in [-0.4, -0.2) is 48.1 Å². The maximum absolute atomic E-state index is 6.13. The summed E-state index contributed by atoms with van der Waals surface area (Å²) in [7, 11) is 0. The van der Waals surface area contributed by atoms with Gasteiger partial charge in [-0.3, -0.25) is 9.88 Å². The van der Waals surface area contributed by atoms with Gasteiger partial charge in [-0.05, 0) is 29.8 Å². The number of aromatic nitrogens is 1. The molecule has 0 aliphatic carbocycles. The molecule has 0 saturated carbocycles. The van der Waals surface area contributed by atoms with Gasteiger partial charge in [0.25, 0.3) is 0 Å². The highest BCUT2D eigenvalue weighted by Gasteiger charge is 2.48. The quantitative estimate of drug-likeness (QED) is 0.841. The van der Waals surface area contributed by atoms with Crippen LogP contribution in [0.5, 0.6) is 17.2 Å². The van der Waals surface area contributed by atoms with E-state index in [9.17, 15) is 0 Å². The second kappa shape index (κ2) is 6.45. The Hall–Kier alpha value is -2.31. The second-order valence-corrected chi connectivity index (χ2v) is 7.29. The molecule has 1 spiro atoms. The van der Waals surface area contributed by atoms with Crippen LogP contribution in [-0.2, 0) is 11.3 Å². The Morgan fingerprint density at radius 3 is 3.00 bits per heavy atom. The summed E-state index contributed by atoms with van der Waals surface area (Å²) in [6.07, 6.45) is 5.59. The Morgan fingerprint density at radius 1 is 1.19 bits per heavy atom. The van der Waals surface area contributed by atoms with Gasteiger partial charge in [0.2, 0.25) is 6.79 Å². The van der Waals surface area contributed by atoms with E-state index in [1.807, 2.05) is 18.2 Å². The standard InChI is InChI=1S/C20H22N2O4/c1-2-17(10-21-6-1)26-16-5-7-25-20(9-16)12-22(13-20)11-15-3-4-18-19(8-15)24-14-23-18/h1-4,6,8,10,16H,5,7,9,11-14H2/t16-/m0/s1.